The van der Waals surface area contributed by atoms with Crippen molar-refractivity contribution >= 4 is 55.4 Å². The second-order valence-corrected chi connectivity index (χ2v) is 13.4. The van der Waals surface area contributed by atoms with Crippen LogP contribution in [0.1, 0.15) is 72.4 Å². The van der Waals surface area contributed by atoms with Crippen LogP contribution in [0.15, 0.2) is 48.1 Å². The normalized spacial score (nSPS) is 16.1. The fourth-order valence-electron chi connectivity index (χ4n) is 5.75. The van der Waals surface area contributed by atoms with Crippen molar-refractivity contribution in [2.45, 2.75) is 66.7 Å². The highest BCUT2D eigenvalue weighted by molar-refractivity contribution is 7.16. The van der Waals surface area contributed by atoms with Crippen molar-refractivity contribution < 1.29 is 4.79 Å². The lowest BCUT2D eigenvalue weighted by Gasteiger charge is -2.33. The fourth-order valence-corrected chi connectivity index (χ4v) is 6.47. The number of anilines is 2. The molecule has 1 saturated carbocycles. The van der Waals surface area contributed by atoms with E-state index in [1.807, 2.05) is 23.8 Å². The van der Waals surface area contributed by atoms with E-state index in [-0.39, 0.29) is 5.41 Å². The molecule has 0 spiro atoms. The summed E-state index contributed by atoms with van der Waals surface area (Å²) in [5.41, 5.74) is 8.02. The van der Waals surface area contributed by atoms with Crippen LogP contribution in [-0.2, 0) is 4.79 Å². The zero-order valence-corrected chi connectivity index (χ0v) is 26.7. The molecule has 0 atom stereocenters. The number of fused-ring (bicyclic) bond motifs is 2. The minimum atomic E-state index is -0.149. The first-order valence-electron chi connectivity index (χ1n) is 15.6. The van der Waals surface area contributed by atoms with Gasteiger partial charge in [0.2, 0.25) is 5.91 Å². The maximum Gasteiger partial charge on any atom is 0.230 e. The van der Waals surface area contributed by atoms with E-state index in [0.717, 1.165) is 103 Å². The van der Waals surface area contributed by atoms with Crippen molar-refractivity contribution in [3.63, 3.8) is 0 Å². The quantitative estimate of drug-likeness (QED) is 0.196. The van der Waals surface area contributed by atoms with Crippen molar-refractivity contribution in [2.24, 2.45) is 11.3 Å². The predicted octanol–water partition coefficient (Wildman–Crippen LogP) is 8.10. The molecule has 0 radical (unpaired) electrons. The van der Waals surface area contributed by atoms with Crippen molar-refractivity contribution in [3.05, 3.63) is 53.8 Å². The average Bonchev–Trinajstić information content (AvgIpc) is 3.38. The lowest BCUT2D eigenvalue weighted by Crippen LogP contribution is -2.45. The van der Waals surface area contributed by atoms with Crippen LogP contribution >= 0.6 is 11.3 Å². The van der Waals surface area contributed by atoms with Gasteiger partial charge in [-0.15, -0.1) is 11.3 Å². The fraction of sp³-hybridized carbons (Fsp3) is 0.500. The van der Waals surface area contributed by atoms with E-state index in [2.05, 4.69) is 89.0 Å². The lowest BCUT2D eigenvalue weighted by molar-refractivity contribution is -0.137. The molecule has 1 aromatic carbocycles. The number of rotatable bonds is 10. The molecular weight excluding hydrogens is 540 g/mol. The molecule has 4 heterocycles. The summed E-state index contributed by atoms with van der Waals surface area (Å²) in [6.45, 7) is 15.5. The van der Waals surface area contributed by atoms with Crippen LogP contribution in [0.2, 0.25) is 0 Å². The summed E-state index contributed by atoms with van der Waals surface area (Å²) in [5, 5.41) is 4.63. The van der Waals surface area contributed by atoms with E-state index in [9.17, 15) is 4.79 Å². The lowest BCUT2D eigenvalue weighted by atomic mass is 10.00. The van der Waals surface area contributed by atoms with Gasteiger partial charge in [0.15, 0.2) is 0 Å². The minimum Gasteiger partial charge on any atom is -0.355 e. The van der Waals surface area contributed by atoms with Crippen LogP contribution in [-0.4, -0.2) is 63.4 Å². The van der Waals surface area contributed by atoms with Crippen LogP contribution < -0.4 is 5.32 Å². The van der Waals surface area contributed by atoms with Gasteiger partial charge in [-0.3, -0.25) is 4.79 Å². The van der Waals surface area contributed by atoms with Gasteiger partial charge in [0, 0.05) is 42.6 Å². The minimum absolute atomic E-state index is 0.149. The Balaban J connectivity index is 0.000000830. The number of aromatic amines is 1. The predicted molar refractivity (Wildman–Crippen MR) is 177 cm³/mol. The molecule has 1 aliphatic heterocycles. The number of nitrogens with zero attached hydrogens (tertiary/aromatic N) is 4. The van der Waals surface area contributed by atoms with Crippen LogP contribution in [0.5, 0.6) is 0 Å². The monoisotopic (exact) mass is 586 g/mol. The molecule has 2 aliphatic rings. The number of aromatic nitrogens is 3. The highest BCUT2D eigenvalue weighted by Gasteiger charge is 2.52. The summed E-state index contributed by atoms with van der Waals surface area (Å²) in [6.07, 6.45) is 9.25. The Hall–Kier alpha value is -3.23. The number of nitrogens with one attached hydrogen (secondary N) is 2. The number of thiazole rings is 1. The Bertz CT molecular complexity index is 1520. The van der Waals surface area contributed by atoms with Crippen LogP contribution in [0.25, 0.3) is 26.8 Å². The van der Waals surface area contributed by atoms with Crippen LogP contribution in [0.3, 0.4) is 0 Å². The molecule has 0 unspecified atom stereocenters. The number of H-pyrrole nitrogens is 1. The molecule has 8 heteroatoms. The number of hydrogen-bond donors (Lipinski definition) is 2. The van der Waals surface area contributed by atoms with Gasteiger partial charge in [0.25, 0.3) is 0 Å². The Labute approximate surface area is 254 Å². The van der Waals surface area contributed by atoms with Gasteiger partial charge in [-0.25, -0.2) is 9.97 Å². The standard InChI is InChI=1S/C30H36N6OS.C4H10/c1-3-13-35(14-4-2)19-30(10-11-30)29(37)36-15-8-21(9-16-36)26-18-23-24(7-12-31-28(23)34-26)33-22-5-6-25-27(17-22)38-20-32-25;1-4(2)3/h5-8,12,17-18,20H,3-4,9-11,13-16,19H2,1-2H3,(H2,31,33,34);4H,1-3H3. The summed E-state index contributed by atoms with van der Waals surface area (Å²) in [5.74, 6) is 1.19. The molecule has 224 valence electrons. The number of amides is 1. The number of carbonyl (C=O) groups excluding carboxylic acids is 1. The molecule has 3 aromatic heterocycles. The number of carbonyl (C=O) groups is 1. The van der Waals surface area contributed by atoms with Gasteiger partial charge in [0.05, 0.1) is 26.8 Å². The number of hydrogen-bond acceptors (Lipinski definition) is 6. The Morgan fingerprint density at radius 2 is 1.88 bits per heavy atom. The first-order chi connectivity index (χ1) is 20.3. The second kappa shape index (κ2) is 13.4. The van der Waals surface area contributed by atoms with E-state index in [4.69, 9.17) is 0 Å². The first kappa shape index (κ1) is 30.2. The van der Waals surface area contributed by atoms with E-state index < -0.39 is 0 Å². The third-order valence-electron chi connectivity index (χ3n) is 7.90. The second-order valence-electron chi connectivity index (χ2n) is 12.5. The van der Waals surface area contributed by atoms with Gasteiger partial charge >= 0.3 is 0 Å². The van der Waals surface area contributed by atoms with E-state index in [1.165, 1.54) is 5.57 Å². The molecule has 1 aliphatic carbocycles. The molecule has 1 amide bonds. The molecule has 0 saturated heterocycles. The van der Waals surface area contributed by atoms with E-state index in [0.29, 0.717) is 12.5 Å². The average molecular weight is 587 g/mol. The zero-order chi connectivity index (χ0) is 29.7. The Morgan fingerprint density at radius 1 is 1.12 bits per heavy atom. The van der Waals surface area contributed by atoms with Crippen molar-refractivity contribution in [3.8, 4) is 0 Å². The van der Waals surface area contributed by atoms with E-state index in [1.54, 1.807) is 11.3 Å². The summed E-state index contributed by atoms with van der Waals surface area (Å²) < 4.78 is 1.16. The van der Waals surface area contributed by atoms with Crippen LogP contribution in [0, 0.1) is 11.3 Å². The molecule has 0 bridgehead atoms. The smallest absolute Gasteiger partial charge is 0.230 e. The maximum absolute atomic E-state index is 13.5. The first-order valence-corrected chi connectivity index (χ1v) is 16.5. The van der Waals surface area contributed by atoms with Crippen LogP contribution in [0.4, 0.5) is 11.4 Å². The Kier molecular flexibility index (Phi) is 9.63. The third-order valence-corrected chi connectivity index (χ3v) is 8.69. The van der Waals surface area contributed by atoms with Gasteiger partial charge in [-0.2, -0.15) is 0 Å². The molecule has 4 aromatic rings. The largest absolute Gasteiger partial charge is 0.355 e. The van der Waals surface area contributed by atoms with Gasteiger partial charge in [-0.05, 0) is 87.0 Å². The van der Waals surface area contributed by atoms with Gasteiger partial charge in [0.1, 0.15) is 5.65 Å². The zero-order valence-electron chi connectivity index (χ0n) is 25.9. The molecule has 2 N–H and O–H groups in total. The highest BCUT2D eigenvalue weighted by atomic mass is 32.1. The molecular formula is C34H46N6OS. The van der Waals surface area contributed by atoms with Gasteiger partial charge in [-0.1, -0.05) is 40.7 Å². The SMILES string of the molecule is CC(C)C.CCCN(CCC)CC1(C(=O)N2CC=C(c3cc4c(Nc5ccc6ncsc6c5)ccnc4[nH]3)CC2)CC1. The van der Waals surface area contributed by atoms with Crippen molar-refractivity contribution in [2.75, 3.05) is 38.0 Å². The summed E-state index contributed by atoms with van der Waals surface area (Å²) in [4.78, 5) is 30.6. The van der Waals surface area contributed by atoms with E-state index >= 15 is 0 Å². The third kappa shape index (κ3) is 7.04. The summed E-state index contributed by atoms with van der Waals surface area (Å²) in [7, 11) is 0. The Morgan fingerprint density at radius 3 is 2.55 bits per heavy atom. The topological polar surface area (TPSA) is 77.2 Å². The summed E-state index contributed by atoms with van der Waals surface area (Å²) >= 11 is 1.65. The summed E-state index contributed by atoms with van der Waals surface area (Å²) in [6, 6.07) is 10.5. The molecule has 1 fully saturated rings. The molecule has 7 nitrogen and oxygen atoms in total. The van der Waals surface area contributed by atoms with Gasteiger partial charge < -0.3 is 20.1 Å². The van der Waals surface area contributed by atoms with Crippen molar-refractivity contribution in [1.29, 1.82) is 0 Å². The molecule has 42 heavy (non-hydrogen) atoms. The van der Waals surface area contributed by atoms with Crippen molar-refractivity contribution in [1.82, 2.24) is 24.8 Å². The maximum atomic E-state index is 13.5. The highest BCUT2D eigenvalue weighted by Crippen LogP contribution is 2.48. The number of benzene rings is 1. The number of pyridine rings is 1. The molecule has 6 rings (SSSR count).